The van der Waals surface area contributed by atoms with Crippen molar-refractivity contribution in [2.24, 2.45) is 0 Å². The number of carbonyl (C=O) groups is 1. The van der Waals surface area contributed by atoms with E-state index in [0.29, 0.717) is 6.54 Å². The lowest BCUT2D eigenvalue weighted by atomic mass is 10.1. The van der Waals surface area contributed by atoms with Gasteiger partial charge in [-0.15, -0.1) is 0 Å². The fraction of sp³-hybridized carbons (Fsp3) is 0.500. The molecule has 1 aromatic carbocycles. The molecule has 0 saturated heterocycles. The number of carbonyl (C=O) groups excluding carboxylic acids is 1. The van der Waals surface area contributed by atoms with Crippen LogP contribution in [0.4, 0.5) is 0 Å². The van der Waals surface area contributed by atoms with Gasteiger partial charge < -0.3 is 15.4 Å². The number of likely N-dealkylation sites (N-methyl/N-ethyl adjacent to an activating group) is 1. The zero-order valence-electron chi connectivity index (χ0n) is 11.5. The first kappa shape index (κ1) is 14.5. The Hall–Kier alpha value is -1.55. The van der Waals surface area contributed by atoms with Crippen molar-refractivity contribution < 1.29 is 9.53 Å². The van der Waals surface area contributed by atoms with Crippen LogP contribution in [0.1, 0.15) is 19.4 Å². The van der Waals surface area contributed by atoms with Gasteiger partial charge in [-0.25, -0.2) is 0 Å². The molecule has 0 aliphatic heterocycles. The first-order chi connectivity index (χ1) is 8.49. The zero-order valence-corrected chi connectivity index (χ0v) is 11.5. The first-order valence-electron chi connectivity index (χ1n) is 6.09. The molecular weight excluding hydrogens is 228 g/mol. The average molecular weight is 250 g/mol. The molecule has 0 heterocycles. The Morgan fingerprint density at radius 2 is 2.11 bits per heavy atom. The minimum absolute atomic E-state index is 0.00731. The van der Waals surface area contributed by atoms with E-state index in [1.54, 1.807) is 14.2 Å². The van der Waals surface area contributed by atoms with Crippen molar-refractivity contribution >= 4 is 5.91 Å². The van der Waals surface area contributed by atoms with Gasteiger partial charge in [0.2, 0.25) is 5.91 Å². The van der Waals surface area contributed by atoms with Crippen molar-refractivity contribution in [3.63, 3.8) is 0 Å². The highest BCUT2D eigenvalue weighted by atomic mass is 16.5. The third-order valence-corrected chi connectivity index (χ3v) is 3.03. The Balaban J connectivity index is 2.44. The number of amides is 1. The molecule has 0 fully saturated rings. The summed E-state index contributed by atoms with van der Waals surface area (Å²) in [6.07, 6.45) is 0.794. The molecule has 0 spiro atoms. The smallest absolute Gasteiger partial charge is 0.239 e. The number of hydrogen-bond donors (Lipinski definition) is 2. The van der Waals surface area contributed by atoms with Crippen molar-refractivity contribution in [1.82, 2.24) is 10.6 Å². The van der Waals surface area contributed by atoms with Gasteiger partial charge in [0.15, 0.2) is 0 Å². The van der Waals surface area contributed by atoms with Crippen molar-refractivity contribution in [1.29, 1.82) is 0 Å². The molecule has 0 aromatic heterocycles. The van der Waals surface area contributed by atoms with Gasteiger partial charge in [-0.1, -0.05) is 12.1 Å². The highest BCUT2D eigenvalue weighted by molar-refractivity contribution is 5.85. The van der Waals surface area contributed by atoms with Crippen LogP contribution in [0.3, 0.4) is 0 Å². The van der Waals surface area contributed by atoms with Crippen LogP contribution in [0.2, 0.25) is 0 Å². The topological polar surface area (TPSA) is 50.4 Å². The summed E-state index contributed by atoms with van der Waals surface area (Å²) in [6, 6.07) is 7.87. The molecule has 0 atom stereocenters. The molecule has 0 radical (unpaired) electrons. The standard InChI is InChI=1S/C14H22N2O2/c1-14(2,15-3)13(17)16-9-8-11-6-5-7-12(10-11)18-4/h5-7,10,15H,8-9H2,1-4H3,(H,16,17). The molecule has 1 rings (SSSR count). The predicted molar refractivity (Wildman–Crippen MR) is 72.8 cm³/mol. The summed E-state index contributed by atoms with van der Waals surface area (Å²) in [5.41, 5.74) is 0.617. The quantitative estimate of drug-likeness (QED) is 0.801. The fourth-order valence-electron chi connectivity index (χ4n) is 1.48. The lowest BCUT2D eigenvalue weighted by Crippen LogP contribution is -2.51. The Kier molecular flexibility index (Phi) is 5.16. The average Bonchev–Trinajstić information content (AvgIpc) is 2.38. The normalized spacial score (nSPS) is 11.1. The fourth-order valence-corrected chi connectivity index (χ4v) is 1.48. The van der Waals surface area contributed by atoms with Crippen LogP contribution in [0.5, 0.6) is 5.75 Å². The van der Waals surface area contributed by atoms with Gasteiger partial charge in [-0.3, -0.25) is 4.79 Å². The zero-order chi connectivity index (χ0) is 13.6. The summed E-state index contributed by atoms with van der Waals surface area (Å²) >= 11 is 0. The third kappa shape index (κ3) is 4.04. The van der Waals surface area contributed by atoms with E-state index in [2.05, 4.69) is 10.6 Å². The Morgan fingerprint density at radius 3 is 2.72 bits per heavy atom. The number of hydrogen-bond acceptors (Lipinski definition) is 3. The second kappa shape index (κ2) is 6.40. The van der Waals surface area contributed by atoms with Crippen molar-refractivity contribution in [3.05, 3.63) is 29.8 Å². The van der Waals surface area contributed by atoms with Crippen molar-refractivity contribution in [3.8, 4) is 5.75 Å². The van der Waals surface area contributed by atoms with Crippen LogP contribution in [-0.4, -0.2) is 32.1 Å². The molecule has 18 heavy (non-hydrogen) atoms. The molecule has 4 nitrogen and oxygen atoms in total. The van der Waals surface area contributed by atoms with Gasteiger partial charge in [-0.2, -0.15) is 0 Å². The van der Waals surface area contributed by atoms with Gasteiger partial charge in [0.1, 0.15) is 5.75 Å². The minimum atomic E-state index is -0.533. The van der Waals surface area contributed by atoms with Crippen LogP contribution in [-0.2, 0) is 11.2 Å². The molecular formula is C14H22N2O2. The number of benzene rings is 1. The van der Waals surface area contributed by atoms with Gasteiger partial charge in [0, 0.05) is 6.54 Å². The Morgan fingerprint density at radius 1 is 1.39 bits per heavy atom. The van der Waals surface area contributed by atoms with Crippen LogP contribution in [0.15, 0.2) is 24.3 Å². The van der Waals surface area contributed by atoms with E-state index in [1.165, 1.54) is 0 Å². The number of ether oxygens (including phenoxy) is 1. The van der Waals surface area contributed by atoms with E-state index in [9.17, 15) is 4.79 Å². The molecule has 0 aliphatic rings. The van der Waals surface area contributed by atoms with E-state index < -0.39 is 5.54 Å². The van der Waals surface area contributed by atoms with Crippen LogP contribution in [0, 0.1) is 0 Å². The number of methoxy groups -OCH3 is 1. The van der Waals surface area contributed by atoms with E-state index in [1.807, 2.05) is 38.1 Å². The summed E-state index contributed by atoms with van der Waals surface area (Å²) in [4.78, 5) is 11.8. The van der Waals surface area contributed by atoms with E-state index in [-0.39, 0.29) is 5.91 Å². The second-order valence-electron chi connectivity index (χ2n) is 4.73. The van der Waals surface area contributed by atoms with Crippen LogP contribution in [0.25, 0.3) is 0 Å². The van der Waals surface area contributed by atoms with Gasteiger partial charge >= 0.3 is 0 Å². The number of rotatable bonds is 6. The Labute approximate surface area is 109 Å². The molecule has 2 N–H and O–H groups in total. The minimum Gasteiger partial charge on any atom is -0.497 e. The first-order valence-corrected chi connectivity index (χ1v) is 6.09. The van der Waals surface area contributed by atoms with Crippen molar-refractivity contribution in [2.75, 3.05) is 20.7 Å². The summed E-state index contributed by atoms with van der Waals surface area (Å²) in [5, 5.41) is 5.89. The second-order valence-corrected chi connectivity index (χ2v) is 4.73. The highest BCUT2D eigenvalue weighted by Crippen LogP contribution is 2.12. The lowest BCUT2D eigenvalue weighted by Gasteiger charge is -2.22. The summed E-state index contributed by atoms with van der Waals surface area (Å²) in [6.45, 7) is 4.33. The van der Waals surface area contributed by atoms with E-state index in [4.69, 9.17) is 4.74 Å². The van der Waals surface area contributed by atoms with E-state index in [0.717, 1.165) is 17.7 Å². The molecule has 1 aromatic rings. The Bertz CT molecular complexity index is 403. The molecule has 100 valence electrons. The van der Waals surface area contributed by atoms with Gasteiger partial charge in [-0.05, 0) is 45.0 Å². The van der Waals surface area contributed by atoms with Crippen molar-refractivity contribution in [2.45, 2.75) is 25.8 Å². The maximum atomic E-state index is 11.8. The van der Waals surface area contributed by atoms with Crippen LogP contribution < -0.4 is 15.4 Å². The van der Waals surface area contributed by atoms with E-state index >= 15 is 0 Å². The molecule has 0 saturated carbocycles. The lowest BCUT2D eigenvalue weighted by molar-refractivity contribution is -0.126. The molecule has 4 heteroatoms. The SMILES string of the molecule is CNC(C)(C)C(=O)NCCc1cccc(OC)c1. The van der Waals surface area contributed by atoms with Gasteiger partial charge in [0.25, 0.3) is 0 Å². The predicted octanol–water partition coefficient (Wildman–Crippen LogP) is 1.35. The summed E-state index contributed by atoms with van der Waals surface area (Å²) in [7, 11) is 3.43. The summed E-state index contributed by atoms with van der Waals surface area (Å²) in [5.74, 6) is 0.849. The molecule has 0 bridgehead atoms. The molecule has 1 amide bonds. The van der Waals surface area contributed by atoms with Crippen LogP contribution >= 0.6 is 0 Å². The highest BCUT2D eigenvalue weighted by Gasteiger charge is 2.24. The number of nitrogens with one attached hydrogen (secondary N) is 2. The maximum absolute atomic E-state index is 11.8. The third-order valence-electron chi connectivity index (χ3n) is 3.03. The largest absolute Gasteiger partial charge is 0.497 e. The van der Waals surface area contributed by atoms with Gasteiger partial charge in [0.05, 0.1) is 12.6 Å². The monoisotopic (exact) mass is 250 g/mol. The molecule has 0 unspecified atom stereocenters. The maximum Gasteiger partial charge on any atom is 0.239 e. The molecule has 0 aliphatic carbocycles. The summed E-state index contributed by atoms with van der Waals surface area (Å²) < 4.78 is 5.16.